The number of ether oxygens (including phenoxy) is 1. The molecule has 0 aliphatic carbocycles. The Balaban J connectivity index is 3.26. The molecule has 0 radical (unpaired) electrons. The van der Waals surface area contributed by atoms with Crippen molar-refractivity contribution in [1.82, 2.24) is 4.90 Å². The molecule has 0 fully saturated rings. The maximum atomic E-state index is 10.5. The van der Waals surface area contributed by atoms with Gasteiger partial charge in [0.25, 0.3) is 0 Å². The number of carbonyl (C=O) groups is 1. The van der Waals surface area contributed by atoms with Gasteiger partial charge in [0.05, 0.1) is 0 Å². The fourth-order valence-electron chi connectivity index (χ4n) is 0.519. The molecule has 0 N–H and O–H groups in total. The Hall–Kier alpha value is -0.830. The number of hydrogen-bond donors (Lipinski definition) is 0. The Morgan fingerprint density at radius 2 is 2.36 bits per heavy atom. The van der Waals surface area contributed by atoms with Crippen LogP contribution in [0.25, 0.3) is 0 Å². The molecule has 0 bridgehead atoms. The van der Waals surface area contributed by atoms with Gasteiger partial charge in [-0.2, -0.15) is 0 Å². The summed E-state index contributed by atoms with van der Waals surface area (Å²) >= 11 is 0. The minimum Gasteiger partial charge on any atom is -0.461 e. The summed E-state index contributed by atoms with van der Waals surface area (Å²) in [5.41, 5.74) is 0. The highest BCUT2D eigenvalue weighted by Crippen LogP contribution is 1.83. The van der Waals surface area contributed by atoms with Crippen LogP contribution in [0.3, 0.4) is 0 Å². The Morgan fingerprint density at radius 1 is 1.73 bits per heavy atom. The van der Waals surface area contributed by atoms with Crippen LogP contribution in [0.2, 0.25) is 0 Å². The van der Waals surface area contributed by atoms with Crippen molar-refractivity contribution < 1.29 is 9.53 Å². The van der Waals surface area contributed by atoms with Crippen molar-refractivity contribution >= 4 is 5.97 Å². The molecule has 0 aromatic rings. The second-order valence-electron chi connectivity index (χ2n) is 2.27. The van der Waals surface area contributed by atoms with Crippen molar-refractivity contribution in [3.8, 4) is 0 Å². The minimum absolute atomic E-state index is 0.352. The monoisotopic (exact) mass is 157 g/mol. The summed E-state index contributed by atoms with van der Waals surface area (Å²) < 4.78 is 4.77. The lowest BCUT2D eigenvalue weighted by atomic mass is 10.5. The molecule has 0 aliphatic heterocycles. The molecule has 0 atom stereocenters. The lowest BCUT2D eigenvalue weighted by molar-refractivity contribution is -0.138. The third-order valence-electron chi connectivity index (χ3n) is 1.42. The van der Waals surface area contributed by atoms with Crippen molar-refractivity contribution in [3.63, 3.8) is 0 Å². The second kappa shape index (κ2) is 5.92. The molecule has 11 heavy (non-hydrogen) atoms. The molecule has 0 spiro atoms. The standard InChI is InChI=1S/C8H15NO2/c1-4-8(10)11-7-6-9(3)5-2/h4H,1,5-7H2,2-3H3. The van der Waals surface area contributed by atoms with Crippen molar-refractivity contribution in [2.24, 2.45) is 0 Å². The van der Waals surface area contributed by atoms with Gasteiger partial charge in [0, 0.05) is 12.6 Å². The van der Waals surface area contributed by atoms with Crippen LogP contribution >= 0.6 is 0 Å². The fraction of sp³-hybridized carbons (Fsp3) is 0.625. The van der Waals surface area contributed by atoms with Gasteiger partial charge in [0.1, 0.15) is 6.61 Å². The number of likely N-dealkylation sites (N-methyl/N-ethyl adjacent to an activating group) is 1. The lowest BCUT2D eigenvalue weighted by Crippen LogP contribution is -2.23. The van der Waals surface area contributed by atoms with Gasteiger partial charge < -0.3 is 9.64 Å². The highest BCUT2D eigenvalue weighted by Gasteiger charge is 1.96. The van der Waals surface area contributed by atoms with Gasteiger partial charge in [0.15, 0.2) is 0 Å². The van der Waals surface area contributed by atoms with Crippen LogP contribution < -0.4 is 0 Å². The summed E-state index contributed by atoms with van der Waals surface area (Å²) in [7, 11) is 1.97. The predicted octanol–water partition coefficient (Wildman–Crippen LogP) is 0.667. The topological polar surface area (TPSA) is 29.5 Å². The average Bonchev–Trinajstić information content (AvgIpc) is 2.04. The van der Waals surface area contributed by atoms with Gasteiger partial charge in [-0.15, -0.1) is 0 Å². The van der Waals surface area contributed by atoms with E-state index >= 15 is 0 Å². The second-order valence-corrected chi connectivity index (χ2v) is 2.27. The minimum atomic E-state index is -0.352. The Kier molecular flexibility index (Phi) is 5.47. The van der Waals surface area contributed by atoms with Gasteiger partial charge in [-0.25, -0.2) is 4.79 Å². The quantitative estimate of drug-likeness (QED) is 0.434. The van der Waals surface area contributed by atoms with E-state index in [0.29, 0.717) is 6.61 Å². The summed E-state index contributed by atoms with van der Waals surface area (Å²) in [6, 6.07) is 0. The molecule has 0 aromatic heterocycles. The zero-order chi connectivity index (χ0) is 8.69. The molecule has 0 saturated carbocycles. The Bertz CT molecular complexity index is 134. The van der Waals surface area contributed by atoms with E-state index in [9.17, 15) is 4.79 Å². The van der Waals surface area contributed by atoms with E-state index in [1.54, 1.807) is 0 Å². The number of esters is 1. The van der Waals surface area contributed by atoms with Crippen molar-refractivity contribution in [2.45, 2.75) is 6.92 Å². The number of rotatable bonds is 5. The van der Waals surface area contributed by atoms with E-state index in [1.807, 2.05) is 7.05 Å². The zero-order valence-corrected chi connectivity index (χ0v) is 7.17. The van der Waals surface area contributed by atoms with Crippen LogP contribution in [0.1, 0.15) is 6.92 Å². The van der Waals surface area contributed by atoms with Crippen molar-refractivity contribution in [1.29, 1.82) is 0 Å². The zero-order valence-electron chi connectivity index (χ0n) is 7.17. The average molecular weight is 157 g/mol. The first-order chi connectivity index (χ1) is 5.20. The first kappa shape index (κ1) is 10.2. The summed E-state index contributed by atoms with van der Waals surface area (Å²) in [5.74, 6) is -0.352. The van der Waals surface area contributed by atoms with Crippen LogP contribution in [0.15, 0.2) is 12.7 Å². The molecule has 0 aromatic carbocycles. The van der Waals surface area contributed by atoms with E-state index < -0.39 is 0 Å². The third-order valence-corrected chi connectivity index (χ3v) is 1.42. The normalized spacial score (nSPS) is 9.73. The van der Waals surface area contributed by atoms with E-state index in [-0.39, 0.29) is 5.97 Å². The summed E-state index contributed by atoms with van der Waals surface area (Å²) in [5, 5.41) is 0. The van der Waals surface area contributed by atoms with Crippen LogP contribution in [0.5, 0.6) is 0 Å². The molecule has 0 heterocycles. The Labute approximate surface area is 67.6 Å². The van der Waals surface area contributed by atoms with Crippen LogP contribution in [-0.2, 0) is 9.53 Å². The lowest BCUT2D eigenvalue weighted by Gasteiger charge is -2.12. The molecule has 0 amide bonds. The van der Waals surface area contributed by atoms with Gasteiger partial charge in [0.2, 0.25) is 0 Å². The smallest absolute Gasteiger partial charge is 0.330 e. The largest absolute Gasteiger partial charge is 0.461 e. The van der Waals surface area contributed by atoms with Crippen LogP contribution in [0.4, 0.5) is 0 Å². The van der Waals surface area contributed by atoms with Crippen LogP contribution in [0, 0.1) is 0 Å². The van der Waals surface area contributed by atoms with Gasteiger partial charge in [-0.05, 0) is 13.6 Å². The van der Waals surface area contributed by atoms with E-state index in [1.165, 1.54) is 6.08 Å². The van der Waals surface area contributed by atoms with Crippen molar-refractivity contribution in [2.75, 3.05) is 26.7 Å². The molecule has 0 saturated heterocycles. The third kappa shape index (κ3) is 5.61. The van der Waals surface area contributed by atoms with E-state index in [2.05, 4.69) is 18.4 Å². The number of nitrogens with zero attached hydrogens (tertiary/aromatic N) is 1. The predicted molar refractivity (Wildman–Crippen MR) is 44.3 cm³/mol. The molecular weight excluding hydrogens is 142 g/mol. The fourth-order valence-corrected chi connectivity index (χ4v) is 0.519. The molecule has 64 valence electrons. The molecule has 0 rings (SSSR count). The highest BCUT2D eigenvalue weighted by atomic mass is 16.5. The first-order valence-electron chi connectivity index (χ1n) is 3.68. The summed E-state index contributed by atoms with van der Waals surface area (Å²) in [4.78, 5) is 12.6. The van der Waals surface area contributed by atoms with E-state index in [4.69, 9.17) is 4.74 Å². The molecule has 3 nitrogen and oxygen atoms in total. The molecule has 0 unspecified atom stereocenters. The summed E-state index contributed by atoms with van der Waals surface area (Å²) in [6.07, 6.45) is 1.17. The molecule has 0 aliphatic rings. The number of hydrogen-bond acceptors (Lipinski definition) is 3. The maximum Gasteiger partial charge on any atom is 0.330 e. The van der Waals surface area contributed by atoms with Crippen LogP contribution in [-0.4, -0.2) is 37.6 Å². The Morgan fingerprint density at radius 3 is 2.82 bits per heavy atom. The van der Waals surface area contributed by atoms with Crippen molar-refractivity contribution in [3.05, 3.63) is 12.7 Å². The SMILES string of the molecule is C=CC(=O)OCCN(C)CC. The van der Waals surface area contributed by atoms with E-state index in [0.717, 1.165) is 13.1 Å². The first-order valence-corrected chi connectivity index (χ1v) is 3.68. The maximum absolute atomic E-state index is 10.5. The van der Waals surface area contributed by atoms with Gasteiger partial charge >= 0.3 is 5.97 Å². The summed E-state index contributed by atoms with van der Waals surface area (Å²) in [6.45, 7) is 7.52. The highest BCUT2D eigenvalue weighted by molar-refractivity contribution is 5.81. The van der Waals surface area contributed by atoms with Gasteiger partial charge in [-0.1, -0.05) is 13.5 Å². The van der Waals surface area contributed by atoms with Gasteiger partial charge in [-0.3, -0.25) is 0 Å². The molecule has 3 heteroatoms. The molecular formula is C8H15NO2. The number of carbonyl (C=O) groups excluding carboxylic acids is 1.